The van der Waals surface area contributed by atoms with Gasteiger partial charge < -0.3 is 10.1 Å². The highest BCUT2D eigenvalue weighted by molar-refractivity contribution is 5.49. The summed E-state index contributed by atoms with van der Waals surface area (Å²) in [5.41, 5.74) is 0. The van der Waals surface area contributed by atoms with E-state index < -0.39 is 0 Å². The lowest BCUT2D eigenvalue weighted by molar-refractivity contribution is -0.108. The Kier molecular flexibility index (Phi) is 15.9. The van der Waals surface area contributed by atoms with Crippen LogP contribution >= 0.6 is 0 Å². The highest BCUT2D eigenvalue weighted by atomic mass is 16.1. The highest BCUT2D eigenvalue weighted by Gasteiger charge is 1.96. The fourth-order valence-electron chi connectivity index (χ4n) is 0.839. The lowest BCUT2D eigenvalue weighted by Crippen LogP contribution is -1.92. The molecule has 13 heavy (non-hydrogen) atoms. The zero-order chi connectivity index (χ0) is 10.5. The van der Waals surface area contributed by atoms with Crippen LogP contribution in [0.3, 0.4) is 0 Å². The first-order valence-corrected chi connectivity index (χ1v) is 4.86. The van der Waals surface area contributed by atoms with Crippen LogP contribution < -0.4 is 5.32 Å². The zero-order valence-corrected chi connectivity index (χ0v) is 9.34. The summed E-state index contributed by atoms with van der Waals surface area (Å²) in [5.74, 6) is 0.654. The van der Waals surface area contributed by atoms with Crippen LogP contribution in [-0.4, -0.2) is 20.4 Å². The van der Waals surface area contributed by atoms with E-state index in [1.807, 2.05) is 21.0 Å². The van der Waals surface area contributed by atoms with Crippen LogP contribution in [0.5, 0.6) is 0 Å². The molecule has 2 nitrogen and oxygen atoms in total. The Balaban J connectivity index is 0. The Morgan fingerprint density at radius 2 is 1.92 bits per heavy atom. The average Bonchev–Trinajstić information content (AvgIpc) is 2.12. The third kappa shape index (κ3) is 18.4. The molecule has 0 heterocycles. The third-order valence-corrected chi connectivity index (χ3v) is 1.55. The van der Waals surface area contributed by atoms with Crippen LogP contribution in [0.15, 0.2) is 12.2 Å². The minimum atomic E-state index is 0.654. The molecule has 0 rings (SSSR count). The molecule has 0 spiro atoms. The molecule has 0 amide bonds. The van der Waals surface area contributed by atoms with E-state index >= 15 is 0 Å². The smallest absolute Gasteiger partial charge is 0.120 e. The lowest BCUT2D eigenvalue weighted by Gasteiger charge is -2.03. The van der Waals surface area contributed by atoms with Crippen molar-refractivity contribution >= 4 is 6.29 Å². The molecule has 0 radical (unpaired) electrons. The summed E-state index contributed by atoms with van der Waals surface area (Å²) >= 11 is 0. The molecule has 0 aromatic carbocycles. The van der Waals surface area contributed by atoms with E-state index in [4.69, 9.17) is 0 Å². The zero-order valence-electron chi connectivity index (χ0n) is 9.34. The number of carbonyl (C=O) groups is 1. The fourth-order valence-corrected chi connectivity index (χ4v) is 0.839. The average molecular weight is 185 g/mol. The van der Waals surface area contributed by atoms with Crippen molar-refractivity contribution < 1.29 is 4.79 Å². The second-order valence-electron chi connectivity index (χ2n) is 3.15. The summed E-state index contributed by atoms with van der Waals surface area (Å²) in [7, 11) is 3.75. The summed E-state index contributed by atoms with van der Waals surface area (Å²) in [4.78, 5) is 9.97. The molecule has 0 fully saturated rings. The van der Waals surface area contributed by atoms with Gasteiger partial charge in [-0.05, 0) is 39.8 Å². The predicted molar refractivity (Wildman–Crippen MR) is 58.9 cm³/mol. The molecule has 0 aliphatic carbocycles. The molecule has 0 aliphatic heterocycles. The lowest BCUT2D eigenvalue weighted by atomic mass is 10.0. The molecule has 0 saturated carbocycles. The van der Waals surface area contributed by atoms with Gasteiger partial charge in [-0.3, -0.25) is 0 Å². The molecule has 2 heteroatoms. The topological polar surface area (TPSA) is 29.1 Å². The molecule has 0 aromatic rings. The van der Waals surface area contributed by atoms with Crippen molar-refractivity contribution in [2.45, 2.75) is 33.1 Å². The molecular weight excluding hydrogens is 162 g/mol. The Morgan fingerprint density at radius 3 is 2.31 bits per heavy atom. The number of aldehydes is 1. The van der Waals surface area contributed by atoms with E-state index in [-0.39, 0.29) is 0 Å². The molecule has 0 aliphatic rings. The first kappa shape index (κ1) is 14.9. The number of nitrogens with one attached hydrogen (secondary N) is 1. The maximum Gasteiger partial charge on any atom is 0.120 e. The van der Waals surface area contributed by atoms with Gasteiger partial charge in [0.2, 0.25) is 0 Å². The summed E-state index contributed by atoms with van der Waals surface area (Å²) in [6, 6.07) is 0. The van der Waals surface area contributed by atoms with Crippen molar-refractivity contribution in [2.75, 3.05) is 14.1 Å². The molecular formula is C11H23NO. The van der Waals surface area contributed by atoms with E-state index in [1.165, 1.54) is 0 Å². The SMILES string of the molecule is C/C=C/CC(C)CCC=O.CNC. The molecule has 78 valence electrons. The van der Waals surface area contributed by atoms with Crippen LogP contribution in [0.4, 0.5) is 0 Å². The largest absolute Gasteiger partial charge is 0.323 e. The van der Waals surface area contributed by atoms with Gasteiger partial charge >= 0.3 is 0 Å². The highest BCUT2D eigenvalue weighted by Crippen LogP contribution is 2.09. The second-order valence-corrected chi connectivity index (χ2v) is 3.15. The monoisotopic (exact) mass is 185 g/mol. The Labute approximate surface area is 82.4 Å². The van der Waals surface area contributed by atoms with Crippen LogP contribution in [0.2, 0.25) is 0 Å². The van der Waals surface area contributed by atoms with Crippen molar-refractivity contribution in [2.24, 2.45) is 5.92 Å². The van der Waals surface area contributed by atoms with Gasteiger partial charge in [-0.15, -0.1) is 0 Å². The first-order valence-electron chi connectivity index (χ1n) is 4.86. The molecule has 1 unspecified atom stereocenters. The molecule has 0 aromatic heterocycles. The number of allylic oxidation sites excluding steroid dienone is 2. The predicted octanol–water partition coefficient (Wildman–Crippen LogP) is 2.40. The van der Waals surface area contributed by atoms with E-state index in [2.05, 4.69) is 24.4 Å². The maximum atomic E-state index is 9.97. The minimum Gasteiger partial charge on any atom is -0.323 e. The number of carbonyl (C=O) groups excluding carboxylic acids is 1. The third-order valence-electron chi connectivity index (χ3n) is 1.55. The van der Waals surface area contributed by atoms with Crippen LogP contribution in [0.25, 0.3) is 0 Å². The normalized spacial score (nSPS) is 12.0. The van der Waals surface area contributed by atoms with Gasteiger partial charge in [-0.2, -0.15) is 0 Å². The van der Waals surface area contributed by atoms with Crippen LogP contribution in [0, 0.1) is 5.92 Å². The summed E-state index contributed by atoms with van der Waals surface area (Å²) < 4.78 is 0. The molecule has 1 N–H and O–H groups in total. The Bertz CT molecular complexity index is 121. The van der Waals surface area contributed by atoms with Crippen LogP contribution in [-0.2, 0) is 4.79 Å². The van der Waals surface area contributed by atoms with Gasteiger partial charge in [0, 0.05) is 6.42 Å². The van der Waals surface area contributed by atoms with Crippen molar-refractivity contribution in [1.29, 1.82) is 0 Å². The Morgan fingerprint density at radius 1 is 1.38 bits per heavy atom. The van der Waals surface area contributed by atoms with Crippen molar-refractivity contribution in [3.8, 4) is 0 Å². The van der Waals surface area contributed by atoms with Gasteiger partial charge in [-0.1, -0.05) is 19.1 Å². The quantitative estimate of drug-likeness (QED) is 0.526. The standard InChI is InChI=1S/C9H16O.C2H7N/c1-3-4-6-9(2)7-5-8-10;1-3-2/h3-4,8-9H,5-7H2,1-2H3;3H,1-2H3/b4-3+;. The second kappa shape index (κ2) is 13.9. The van der Waals surface area contributed by atoms with Crippen molar-refractivity contribution in [3.63, 3.8) is 0 Å². The number of rotatable bonds is 5. The van der Waals surface area contributed by atoms with Gasteiger partial charge in [0.25, 0.3) is 0 Å². The van der Waals surface area contributed by atoms with Crippen molar-refractivity contribution in [3.05, 3.63) is 12.2 Å². The van der Waals surface area contributed by atoms with E-state index in [0.717, 1.165) is 19.1 Å². The minimum absolute atomic E-state index is 0.654. The summed E-state index contributed by atoms with van der Waals surface area (Å²) in [5, 5.41) is 2.75. The van der Waals surface area contributed by atoms with Crippen molar-refractivity contribution in [1.82, 2.24) is 5.32 Å². The van der Waals surface area contributed by atoms with Crippen LogP contribution in [0.1, 0.15) is 33.1 Å². The first-order chi connectivity index (χ1) is 6.22. The van der Waals surface area contributed by atoms with E-state index in [1.54, 1.807) is 0 Å². The molecule has 0 bridgehead atoms. The van der Waals surface area contributed by atoms with Gasteiger partial charge in [-0.25, -0.2) is 0 Å². The van der Waals surface area contributed by atoms with Gasteiger partial charge in [0.15, 0.2) is 0 Å². The maximum absolute atomic E-state index is 9.97. The summed E-state index contributed by atoms with van der Waals surface area (Å²) in [6.07, 6.45) is 8.02. The van der Waals surface area contributed by atoms with Gasteiger partial charge in [0.1, 0.15) is 6.29 Å². The summed E-state index contributed by atoms with van der Waals surface area (Å²) in [6.45, 7) is 4.19. The van der Waals surface area contributed by atoms with E-state index in [0.29, 0.717) is 12.3 Å². The van der Waals surface area contributed by atoms with Gasteiger partial charge in [0.05, 0.1) is 0 Å². The number of hydrogen-bond donors (Lipinski definition) is 1. The number of hydrogen-bond acceptors (Lipinski definition) is 2. The fraction of sp³-hybridized carbons (Fsp3) is 0.727. The molecule has 1 atom stereocenters. The molecule has 0 saturated heterocycles. The Hall–Kier alpha value is -0.630. The van der Waals surface area contributed by atoms with E-state index in [9.17, 15) is 4.79 Å².